The van der Waals surface area contributed by atoms with Crippen LogP contribution in [0.5, 0.6) is 11.5 Å². The number of aromatic hydroxyl groups is 2. The standard InChI is InChI=1S/C16H16FNO3/c1-9(2)16(18-21)12-7-10(3-5-14(12)19)11-4-6-15(20)13(17)8-11/h3-9,19-21H,1-2H3/b18-16+. The minimum atomic E-state index is -0.720. The third-order valence-electron chi connectivity index (χ3n) is 3.21. The van der Waals surface area contributed by atoms with Gasteiger partial charge in [0.2, 0.25) is 0 Å². The van der Waals surface area contributed by atoms with Crippen LogP contribution in [-0.4, -0.2) is 21.1 Å². The Labute approximate surface area is 121 Å². The SMILES string of the molecule is CC(C)/C(=N\O)c1cc(-c2ccc(O)c(F)c2)ccc1O. The Morgan fingerprint density at radius 1 is 1.00 bits per heavy atom. The molecule has 21 heavy (non-hydrogen) atoms. The minimum Gasteiger partial charge on any atom is -0.507 e. The normalized spacial score (nSPS) is 11.9. The molecule has 0 spiro atoms. The van der Waals surface area contributed by atoms with Crippen molar-refractivity contribution in [2.24, 2.45) is 11.1 Å². The Kier molecular flexibility index (Phi) is 4.12. The first-order valence-electron chi connectivity index (χ1n) is 6.48. The molecule has 0 heterocycles. The number of hydrogen-bond donors (Lipinski definition) is 3. The van der Waals surface area contributed by atoms with Gasteiger partial charge in [-0.2, -0.15) is 0 Å². The molecule has 110 valence electrons. The lowest BCUT2D eigenvalue weighted by molar-refractivity contribution is 0.316. The van der Waals surface area contributed by atoms with E-state index in [0.717, 1.165) is 0 Å². The van der Waals surface area contributed by atoms with E-state index >= 15 is 0 Å². The summed E-state index contributed by atoms with van der Waals surface area (Å²) in [4.78, 5) is 0. The molecule has 0 bridgehead atoms. The van der Waals surface area contributed by atoms with E-state index in [1.807, 2.05) is 13.8 Å². The van der Waals surface area contributed by atoms with Crippen LogP contribution in [0.4, 0.5) is 4.39 Å². The molecule has 2 rings (SSSR count). The van der Waals surface area contributed by atoms with Crippen LogP contribution in [0.15, 0.2) is 41.6 Å². The van der Waals surface area contributed by atoms with Crippen molar-refractivity contribution >= 4 is 5.71 Å². The molecule has 0 amide bonds. The van der Waals surface area contributed by atoms with Crippen LogP contribution in [0, 0.1) is 11.7 Å². The molecule has 0 unspecified atom stereocenters. The summed E-state index contributed by atoms with van der Waals surface area (Å²) in [6, 6.07) is 8.75. The highest BCUT2D eigenvalue weighted by Gasteiger charge is 2.15. The molecule has 0 aromatic heterocycles. The van der Waals surface area contributed by atoms with Gasteiger partial charge in [0.25, 0.3) is 0 Å². The summed E-state index contributed by atoms with van der Waals surface area (Å²) >= 11 is 0. The van der Waals surface area contributed by atoms with Crippen molar-refractivity contribution < 1.29 is 19.8 Å². The second kappa shape index (κ2) is 5.83. The second-order valence-electron chi connectivity index (χ2n) is 5.04. The summed E-state index contributed by atoms with van der Waals surface area (Å²) in [5.41, 5.74) is 1.92. The second-order valence-corrected chi connectivity index (χ2v) is 5.04. The summed E-state index contributed by atoms with van der Waals surface area (Å²) in [5.74, 6) is -1.24. The summed E-state index contributed by atoms with van der Waals surface area (Å²) in [6.45, 7) is 3.67. The summed E-state index contributed by atoms with van der Waals surface area (Å²) in [6.07, 6.45) is 0. The third kappa shape index (κ3) is 2.97. The van der Waals surface area contributed by atoms with Crippen molar-refractivity contribution in [2.75, 3.05) is 0 Å². The molecule has 0 atom stereocenters. The Bertz CT molecular complexity index is 696. The molecule has 2 aromatic carbocycles. The number of halogens is 1. The predicted molar refractivity (Wildman–Crippen MR) is 78.3 cm³/mol. The zero-order valence-electron chi connectivity index (χ0n) is 11.7. The quantitative estimate of drug-likeness (QED) is 0.458. The summed E-state index contributed by atoms with van der Waals surface area (Å²) in [7, 11) is 0. The Balaban J connectivity index is 2.54. The number of oxime groups is 1. The van der Waals surface area contributed by atoms with E-state index in [1.165, 1.54) is 18.2 Å². The molecule has 0 saturated carbocycles. The van der Waals surface area contributed by atoms with Gasteiger partial charge in [0, 0.05) is 5.56 Å². The molecule has 4 nitrogen and oxygen atoms in total. The first-order valence-corrected chi connectivity index (χ1v) is 6.48. The van der Waals surface area contributed by atoms with Gasteiger partial charge in [0.15, 0.2) is 11.6 Å². The molecule has 0 aliphatic heterocycles. The van der Waals surface area contributed by atoms with Gasteiger partial charge in [-0.25, -0.2) is 4.39 Å². The molecule has 2 aromatic rings. The van der Waals surface area contributed by atoms with Crippen LogP contribution in [0.3, 0.4) is 0 Å². The van der Waals surface area contributed by atoms with E-state index in [-0.39, 0.29) is 11.7 Å². The van der Waals surface area contributed by atoms with Crippen molar-refractivity contribution in [1.82, 2.24) is 0 Å². The fourth-order valence-corrected chi connectivity index (χ4v) is 2.09. The maximum absolute atomic E-state index is 13.4. The molecular formula is C16H16FNO3. The fourth-order valence-electron chi connectivity index (χ4n) is 2.09. The highest BCUT2D eigenvalue weighted by Crippen LogP contribution is 2.30. The van der Waals surface area contributed by atoms with Crippen molar-refractivity contribution in [3.8, 4) is 22.6 Å². The molecule has 3 N–H and O–H groups in total. The van der Waals surface area contributed by atoms with Crippen molar-refractivity contribution in [3.63, 3.8) is 0 Å². The van der Waals surface area contributed by atoms with Crippen molar-refractivity contribution in [3.05, 3.63) is 47.8 Å². The van der Waals surface area contributed by atoms with Gasteiger partial charge in [-0.15, -0.1) is 0 Å². The van der Waals surface area contributed by atoms with Gasteiger partial charge in [-0.3, -0.25) is 0 Å². The number of phenolic OH excluding ortho intramolecular Hbond substituents is 2. The smallest absolute Gasteiger partial charge is 0.165 e. The van der Waals surface area contributed by atoms with Crippen LogP contribution in [0.2, 0.25) is 0 Å². The van der Waals surface area contributed by atoms with E-state index in [0.29, 0.717) is 22.4 Å². The van der Waals surface area contributed by atoms with Gasteiger partial charge in [-0.05, 0) is 41.3 Å². The highest BCUT2D eigenvalue weighted by atomic mass is 19.1. The number of rotatable bonds is 3. The lowest BCUT2D eigenvalue weighted by Gasteiger charge is -2.12. The lowest BCUT2D eigenvalue weighted by Crippen LogP contribution is -2.09. The largest absolute Gasteiger partial charge is 0.507 e. The molecule has 5 heteroatoms. The van der Waals surface area contributed by atoms with E-state index < -0.39 is 11.6 Å². The Morgan fingerprint density at radius 3 is 2.10 bits per heavy atom. The molecule has 0 aliphatic carbocycles. The topological polar surface area (TPSA) is 73.1 Å². The maximum Gasteiger partial charge on any atom is 0.165 e. The zero-order valence-corrected chi connectivity index (χ0v) is 11.7. The van der Waals surface area contributed by atoms with E-state index in [1.54, 1.807) is 18.2 Å². The third-order valence-corrected chi connectivity index (χ3v) is 3.21. The molecule has 0 saturated heterocycles. The van der Waals surface area contributed by atoms with Crippen LogP contribution in [0.1, 0.15) is 19.4 Å². The van der Waals surface area contributed by atoms with E-state index in [4.69, 9.17) is 5.21 Å². The minimum absolute atomic E-state index is 0.0144. The average molecular weight is 289 g/mol. The van der Waals surface area contributed by atoms with Crippen molar-refractivity contribution in [2.45, 2.75) is 13.8 Å². The monoisotopic (exact) mass is 289 g/mol. The summed E-state index contributed by atoms with van der Waals surface area (Å²) < 4.78 is 13.4. The van der Waals surface area contributed by atoms with Gasteiger partial charge in [0.1, 0.15) is 5.75 Å². The number of phenols is 2. The Morgan fingerprint density at radius 2 is 1.57 bits per heavy atom. The van der Waals surface area contributed by atoms with Crippen LogP contribution >= 0.6 is 0 Å². The van der Waals surface area contributed by atoms with Crippen LogP contribution < -0.4 is 0 Å². The number of nitrogens with zero attached hydrogens (tertiary/aromatic N) is 1. The Hall–Kier alpha value is -2.56. The average Bonchev–Trinajstić information content (AvgIpc) is 2.44. The molecule has 0 radical (unpaired) electrons. The lowest BCUT2D eigenvalue weighted by atomic mass is 9.95. The van der Waals surface area contributed by atoms with Gasteiger partial charge >= 0.3 is 0 Å². The number of hydrogen-bond acceptors (Lipinski definition) is 4. The fraction of sp³-hybridized carbons (Fsp3) is 0.188. The van der Waals surface area contributed by atoms with Crippen molar-refractivity contribution in [1.29, 1.82) is 0 Å². The molecule has 0 fully saturated rings. The zero-order chi connectivity index (χ0) is 15.6. The highest BCUT2D eigenvalue weighted by molar-refractivity contribution is 6.04. The van der Waals surface area contributed by atoms with E-state index in [9.17, 15) is 14.6 Å². The first kappa shape index (κ1) is 14.8. The van der Waals surface area contributed by atoms with Crippen LogP contribution in [0.25, 0.3) is 11.1 Å². The maximum atomic E-state index is 13.4. The molecule has 0 aliphatic rings. The van der Waals surface area contributed by atoms with Crippen LogP contribution in [-0.2, 0) is 0 Å². The van der Waals surface area contributed by atoms with Gasteiger partial charge < -0.3 is 15.4 Å². The number of benzene rings is 2. The van der Waals surface area contributed by atoms with Gasteiger partial charge in [0.05, 0.1) is 5.71 Å². The van der Waals surface area contributed by atoms with Gasteiger partial charge in [-0.1, -0.05) is 31.1 Å². The molecular weight excluding hydrogens is 273 g/mol. The van der Waals surface area contributed by atoms with E-state index in [2.05, 4.69) is 5.16 Å². The predicted octanol–water partition coefficient (Wildman–Crippen LogP) is 3.74. The first-order chi connectivity index (χ1) is 9.93. The summed E-state index contributed by atoms with van der Waals surface area (Å²) in [5, 5.41) is 31.5.